The number of ether oxygens (including phenoxy) is 6. The number of rotatable bonds is 9. The standard InChI is InChI=1S/C33H40O21/c1-9-28(53-32-25(45)22(42)19(39)16(7-34)51-32)24(44)27(47)31(48-9)49-11-5-14(38)18-15(6-11)50-29(10-2-3-12(36)13(37)4-10)30(21(18)41)54-33-26(46)23(43)20(40)17(8-35)52-33/h2-6,9,16-17,19-20,22-28,31-40,42-47H,7-8H2,1H3/t9-,16+,17-,19+,20-,22-,23-,24+,25+,26+,27-,28-,31-,32-,33-/m0/s1. The molecule has 3 aliphatic rings. The molecule has 15 atom stereocenters. The SMILES string of the molecule is C[C@@H]1O[C@@H](Oc2cc(O)c3c(=O)c(O[C@@H]4O[C@@H](CO)[C@H](O)[C@H](O)[C@H]4O)c(-c4ccc(O)c(O)c4)oc3c2)[C@@H](O)[C@@H](O)[C@H]1O[C@@H]1O[C@H](CO)[C@@H](O)[C@H](O)[C@H]1O. The maximum absolute atomic E-state index is 13.9. The van der Waals surface area contributed by atoms with Gasteiger partial charge in [0.25, 0.3) is 0 Å². The molecule has 2 aromatic carbocycles. The summed E-state index contributed by atoms with van der Waals surface area (Å²) in [6.45, 7) is -0.166. The first-order valence-electron chi connectivity index (χ1n) is 16.5. The quantitative estimate of drug-likeness (QED) is 0.0917. The van der Waals surface area contributed by atoms with Gasteiger partial charge in [-0.3, -0.25) is 4.79 Å². The van der Waals surface area contributed by atoms with Gasteiger partial charge in [0, 0.05) is 17.7 Å². The molecule has 0 aliphatic carbocycles. The first-order chi connectivity index (χ1) is 25.6. The van der Waals surface area contributed by atoms with Gasteiger partial charge in [-0.05, 0) is 25.1 Å². The highest BCUT2D eigenvalue weighted by Crippen LogP contribution is 2.40. The smallest absolute Gasteiger partial charge is 0.239 e. The molecule has 4 heterocycles. The molecular weight excluding hydrogens is 732 g/mol. The lowest BCUT2D eigenvalue weighted by atomic mass is 9.97. The van der Waals surface area contributed by atoms with Gasteiger partial charge in [-0.15, -0.1) is 0 Å². The number of aliphatic hydroxyl groups is 10. The predicted octanol–water partition coefficient (Wildman–Crippen LogP) is -4.21. The van der Waals surface area contributed by atoms with Crippen molar-refractivity contribution in [1.29, 1.82) is 0 Å². The average Bonchev–Trinajstić information content (AvgIpc) is 3.14. The van der Waals surface area contributed by atoms with E-state index in [-0.39, 0.29) is 16.9 Å². The van der Waals surface area contributed by atoms with Crippen LogP contribution in [0.2, 0.25) is 0 Å². The van der Waals surface area contributed by atoms with Crippen molar-refractivity contribution in [3.8, 4) is 40.1 Å². The van der Waals surface area contributed by atoms with Gasteiger partial charge in [-0.2, -0.15) is 0 Å². The number of hydrogen-bond acceptors (Lipinski definition) is 21. The number of aliphatic hydroxyl groups excluding tert-OH is 10. The Bertz CT molecular complexity index is 1850. The van der Waals surface area contributed by atoms with Gasteiger partial charge in [-0.1, -0.05) is 0 Å². The maximum Gasteiger partial charge on any atom is 0.239 e. The molecule has 6 rings (SSSR count). The molecule has 13 N–H and O–H groups in total. The molecule has 21 heteroatoms. The van der Waals surface area contributed by atoms with E-state index < -0.39 is 145 Å². The molecule has 0 saturated carbocycles. The molecule has 1 aromatic heterocycles. The second-order valence-electron chi connectivity index (χ2n) is 13.0. The lowest BCUT2D eigenvalue weighted by molar-refractivity contribution is -0.348. The van der Waals surface area contributed by atoms with Crippen molar-refractivity contribution >= 4 is 11.0 Å². The van der Waals surface area contributed by atoms with E-state index in [1.807, 2.05) is 0 Å². The Labute approximate surface area is 303 Å². The normalized spacial score (nSPS) is 37.3. The lowest BCUT2D eigenvalue weighted by Gasteiger charge is -2.45. The molecular formula is C33H40O21. The number of benzene rings is 2. The van der Waals surface area contributed by atoms with Crippen molar-refractivity contribution in [1.82, 2.24) is 0 Å². The molecule has 0 spiro atoms. The fraction of sp³-hybridized carbons (Fsp3) is 0.545. The summed E-state index contributed by atoms with van der Waals surface area (Å²) in [5.74, 6) is -3.48. The van der Waals surface area contributed by atoms with Gasteiger partial charge in [0.15, 0.2) is 23.5 Å². The van der Waals surface area contributed by atoms with Crippen LogP contribution in [0.25, 0.3) is 22.3 Å². The summed E-state index contributed by atoms with van der Waals surface area (Å²) in [7, 11) is 0. The largest absolute Gasteiger partial charge is 0.507 e. The van der Waals surface area contributed by atoms with E-state index in [9.17, 15) is 71.2 Å². The van der Waals surface area contributed by atoms with Gasteiger partial charge < -0.3 is 99.2 Å². The van der Waals surface area contributed by atoms with Gasteiger partial charge in [0.2, 0.25) is 23.8 Å². The number of hydrogen-bond donors (Lipinski definition) is 13. The van der Waals surface area contributed by atoms with E-state index in [1.54, 1.807) is 0 Å². The van der Waals surface area contributed by atoms with Crippen LogP contribution >= 0.6 is 0 Å². The maximum atomic E-state index is 13.9. The molecule has 54 heavy (non-hydrogen) atoms. The molecule has 3 aromatic rings. The average molecular weight is 773 g/mol. The van der Waals surface area contributed by atoms with Gasteiger partial charge in [-0.25, -0.2) is 0 Å². The van der Waals surface area contributed by atoms with E-state index in [2.05, 4.69) is 0 Å². The first-order valence-corrected chi connectivity index (χ1v) is 16.5. The Kier molecular flexibility index (Phi) is 11.5. The van der Waals surface area contributed by atoms with E-state index in [0.29, 0.717) is 0 Å². The van der Waals surface area contributed by atoms with Crippen molar-refractivity contribution in [3.05, 3.63) is 40.6 Å². The highest BCUT2D eigenvalue weighted by atomic mass is 16.7. The minimum atomic E-state index is -1.97. The fourth-order valence-electron chi connectivity index (χ4n) is 6.33. The molecule has 3 aliphatic heterocycles. The monoisotopic (exact) mass is 772 g/mol. The van der Waals surface area contributed by atoms with Crippen LogP contribution in [-0.2, 0) is 18.9 Å². The summed E-state index contributed by atoms with van der Waals surface area (Å²) >= 11 is 0. The third kappa shape index (κ3) is 7.27. The summed E-state index contributed by atoms with van der Waals surface area (Å²) in [4.78, 5) is 13.9. The van der Waals surface area contributed by atoms with Crippen molar-refractivity contribution in [2.75, 3.05) is 13.2 Å². The zero-order chi connectivity index (χ0) is 39.3. The molecule has 3 saturated heterocycles. The Morgan fingerprint density at radius 2 is 1.20 bits per heavy atom. The van der Waals surface area contributed by atoms with Crippen LogP contribution in [0.3, 0.4) is 0 Å². The van der Waals surface area contributed by atoms with Crippen LogP contribution in [0.5, 0.6) is 28.7 Å². The molecule has 0 amide bonds. The lowest BCUT2D eigenvalue weighted by Crippen LogP contribution is -2.64. The molecule has 3 fully saturated rings. The van der Waals surface area contributed by atoms with Crippen LogP contribution in [0.4, 0.5) is 0 Å². The number of fused-ring (bicyclic) bond motifs is 1. The van der Waals surface area contributed by atoms with E-state index in [4.69, 9.17) is 32.8 Å². The van der Waals surface area contributed by atoms with Gasteiger partial charge >= 0.3 is 0 Å². The Morgan fingerprint density at radius 3 is 1.81 bits per heavy atom. The zero-order valence-corrected chi connectivity index (χ0v) is 28.0. The number of phenolic OH excluding ortho intramolecular Hbond substituents is 3. The third-order valence-corrected chi connectivity index (χ3v) is 9.40. The van der Waals surface area contributed by atoms with Gasteiger partial charge in [0.05, 0.1) is 19.3 Å². The van der Waals surface area contributed by atoms with Crippen LogP contribution in [-0.4, -0.2) is 172 Å². The molecule has 298 valence electrons. The van der Waals surface area contributed by atoms with Crippen LogP contribution in [0, 0.1) is 0 Å². The summed E-state index contributed by atoms with van der Waals surface area (Å²) < 4.78 is 39.3. The minimum Gasteiger partial charge on any atom is -0.507 e. The molecule has 21 nitrogen and oxygen atoms in total. The Morgan fingerprint density at radius 1 is 0.630 bits per heavy atom. The van der Waals surface area contributed by atoms with Crippen LogP contribution in [0.15, 0.2) is 39.5 Å². The topological polar surface area (TPSA) is 349 Å². The minimum absolute atomic E-state index is 0.0943. The second kappa shape index (κ2) is 15.7. The predicted molar refractivity (Wildman–Crippen MR) is 173 cm³/mol. The molecule has 0 radical (unpaired) electrons. The highest BCUT2D eigenvalue weighted by Gasteiger charge is 2.50. The van der Waals surface area contributed by atoms with Gasteiger partial charge in [0.1, 0.15) is 89.6 Å². The van der Waals surface area contributed by atoms with Crippen LogP contribution < -0.4 is 14.9 Å². The van der Waals surface area contributed by atoms with Crippen molar-refractivity contribution in [2.45, 2.75) is 99.0 Å². The van der Waals surface area contributed by atoms with Crippen molar-refractivity contribution in [3.63, 3.8) is 0 Å². The highest BCUT2D eigenvalue weighted by molar-refractivity contribution is 5.88. The summed E-state index contributed by atoms with van der Waals surface area (Å²) in [6.07, 6.45) is -25.1. The first kappa shape index (κ1) is 39.8. The van der Waals surface area contributed by atoms with E-state index >= 15 is 0 Å². The Balaban J connectivity index is 1.30. The summed E-state index contributed by atoms with van der Waals surface area (Å²) in [5, 5.41) is 133. The van der Waals surface area contributed by atoms with E-state index in [1.165, 1.54) is 13.0 Å². The molecule has 0 bridgehead atoms. The molecule has 0 unspecified atom stereocenters. The zero-order valence-electron chi connectivity index (χ0n) is 28.0. The fourth-order valence-corrected chi connectivity index (χ4v) is 6.33. The number of phenols is 3. The van der Waals surface area contributed by atoms with Crippen molar-refractivity contribution < 1.29 is 99.2 Å². The third-order valence-electron chi connectivity index (χ3n) is 9.40. The van der Waals surface area contributed by atoms with Crippen molar-refractivity contribution in [2.24, 2.45) is 0 Å². The Hall–Kier alpha value is -3.91. The summed E-state index contributed by atoms with van der Waals surface area (Å²) in [6, 6.07) is 5.25. The number of aromatic hydroxyl groups is 3. The summed E-state index contributed by atoms with van der Waals surface area (Å²) in [5.41, 5.74) is -1.57. The second-order valence-corrected chi connectivity index (χ2v) is 13.0. The van der Waals surface area contributed by atoms with E-state index in [0.717, 1.165) is 24.3 Å². The van der Waals surface area contributed by atoms with Crippen LogP contribution in [0.1, 0.15) is 6.92 Å².